The van der Waals surface area contributed by atoms with Crippen LogP contribution in [0.15, 0.2) is 42.6 Å². The first kappa shape index (κ1) is 16.9. The van der Waals surface area contributed by atoms with Gasteiger partial charge in [-0.25, -0.2) is 9.50 Å². The van der Waals surface area contributed by atoms with E-state index in [9.17, 15) is 4.79 Å². The third-order valence-electron chi connectivity index (χ3n) is 4.03. The zero-order valence-corrected chi connectivity index (χ0v) is 14.5. The second-order valence-corrected chi connectivity index (χ2v) is 5.76. The van der Waals surface area contributed by atoms with Crippen LogP contribution in [0.5, 0.6) is 0 Å². The molecule has 0 aliphatic rings. The van der Waals surface area contributed by atoms with Crippen molar-refractivity contribution in [1.29, 1.82) is 0 Å². The molecule has 3 rings (SSSR count). The van der Waals surface area contributed by atoms with E-state index in [0.717, 1.165) is 25.2 Å². The number of benzene rings is 1. The molecule has 0 radical (unpaired) electrons. The third kappa shape index (κ3) is 3.93. The van der Waals surface area contributed by atoms with Crippen LogP contribution >= 0.6 is 0 Å². The summed E-state index contributed by atoms with van der Waals surface area (Å²) in [4.78, 5) is 22.8. The Bertz CT molecular complexity index is 845. The zero-order valence-electron chi connectivity index (χ0n) is 14.5. The summed E-state index contributed by atoms with van der Waals surface area (Å²) in [6.45, 7) is 6.40. The molecule has 1 N–H and O–H groups in total. The molecule has 0 unspecified atom stereocenters. The SMILES string of the molecule is CCN(CCCNC(=O)c1nc2nccc(C)n2n1)c1ccccc1. The summed E-state index contributed by atoms with van der Waals surface area (Å²) < 4.78 is 1.57. The van der Waals surface area contributed by atoms with Crippen LogP contribution in [0, 0.1) is 6.92 Å². The minimum absolute atomic E-state index is 0.150. The van der Waals surface area contributed by atoms with Crippen molar-refractivity contribution < 1.29 is 4.79 Å². The second kappa shape index (κ2) is 7.74. The van der Waals surface area contributed by atoms with E-state index in [4.69, 9.17) is 0 Å². The highest BCUT2D eigenvalue weighted by Gasteiger charge is 2.13. The quantitative estimate of drug-likeness (QED) is 0.668. The third-order valence-corrected chi connectivity index (χ3v) is 4.03. The van der Waals surface area contributed by atoms with E-state index >= 15 is 0 Å². The number of anilines is 1. The Morgan fingerprint density at radius 2 is 2.04 bits per heavy atom. The van der Waals surface area contributed by atoms with E-state index in [1.165, 1.54) is 5.69 Å². The van der Waals surface area contributed by atoms with E-state index in [2.05, 4.69) is 44.3 Å². The van der Waals surface area contributed by atoms with Crippen molar-refractivity contribution in [3.05, 3.63) is 54.1 Å². The molecule has 2 aromatic heterocycles. The van der Waals surface area contributed by atoms with Gasteiger partial charge in [0, 0.05) is 37.2 Å². The van der Waals surface area contributed by atoms with E-state index in [1.54, 1.807) is 10.7 Å². The van der Waals surface area contributed by atoms with Crippen LogP contribution in [-0.2, 0) is 0 Å². The number of hydrogen-bond donors (Lipinski definition) is 1. The van der Waals surface area contributed by atoms with Crippen molar-refractivity contribution in [3.63, 3.8) is 0 Å². The van der Waals surface area contributed by atoms with Crippen LogP contribution in [0.4, 0.5) is 5.69 Å². The highest BCUT2D eigenvalue weighted by Crippen LogP contribution is 2.12. The number of aryl methyl sites for hydroxylation is 1. The van der Waals surface area contributed by atoms with Crippen molar-refractivity contribution in [3.8, 4) is 0 Å². The molecule has 0 spiro atoms. The average molecular weight is 338 g/mol. The number of para-hydroxylation sites is 1. The van der Waals surface area contributed by atoms with Gasteiger partial charge in [-0.1, -0.05) is 18.2 Å². The largest absolute Gasteiger partial charge is 0.372 e. The fourth-order valence-electron chi connectivity index (χ4n) is 2.66. The number of hydrogen-bond acceptors (Lipinski definition) is 5. The number of amides is 1. The van der Waals surface area contributed by atoms with E-state index in [-0.39, 0.29) is 11.7 Å². The second-order valence-electron chi connectivity index (χ2n) is 5.76. The Morgan fingerprint density at radius 3 is 2.76 bits per heavy atom. The monoisotopic (exact) mass is 338 g/mol. The summed E-state index contributed by atoms with van der Waals surface area (Å²) in [5.74, 6) is 0.316. The van der Waals surface area contributed by atoms with Crippen LogP contribution < -0.4 is 10.2 Å². The van der Waals surface area contributed by atoms with E-state index in [1.807, 2.05) is 31.2 Å². The van der Waals surface area contributed by atoms with Gasteiger partial charge >= 0.3 is 0 Å². The molecular weight excluding hydrogens is 316 g/mol. The molecule has 0 saturated heterocycles. The molecule has 7 heteroatoms. The Balaban J connectivity index is 1.52. The Morgan fingerprint density at radius 1 is 1.24 bits per heavy atom. The predicted molar refractivity (Wildman–Crippen MR) is 96.8 cm³/mol. The number of nitrogens with zero attached hydrogens (tertiary/aromatic N) is 5. The molecule has 3 aromatic rings. The van der Waals surface area contributed by atoms with E-state index < -0.39 is 0 Å². The molecule has 0 bridgehead atoms. The fourth-order valence-corrected chi connectivity index (χ4v) is 2.66. The number of nitrogens with one attached hydrogen (secondary N) is 1. The molecule has 1 aromatic carbocycles. The minimum Gasteiger partial charge on any atom is -0.372 e. The van der Waals surface area contributed by atoms with Gasteiger partial charge in [0.15, 0.2) is 0 Å². The molecule has 130 valence electrons. The first-order valence-corrected chi connectivity index (χ1v) is 8.45. The van der Waals surface area contributed by atoms with Gasteiger partial charge in [0.25, 0.3) is 11.7 Å². The molecule has 25 heavy (non-hydrogen) atoms. The maximum absolute atomic E-state index is 12.2. The number of fused-ring (bicyclic) bond motifs is 1. The van der Waals surface area contributed by atoms with Crippen molar-refractivity contribution in [1.82, 2.24) is 24.9 Å². The lowest BCUT2D eigenvalue weighted by Crippen LogP contribution is -2.30. The fraction of sp³-hybridized carbons (Fsp3) is 0.333. The number of carbonyl (C=O) groups is 1. The van der Waals surface area contributed by atoms with Gasteiger partial charge in [-0.3, -0.25) is 4.79 Å². The van der Waals surface area contributed by atoms with Crippen LogP contribution in [0.3, 0.4) is 0 Å². The number of rotatable bonds is 7. The molecular formula is C18H22N6O. The summed E-state index contributed by atoms with van der Waals surface area (Å²) in [6.07, 6.45) is 2.50. The summed E-state index contributed by atoms with van der Waals surface area (Å²) >= 11 is 0. The topological polar surface area (TPSA) is 75.4 Å². The summed E-state index contributed by atoms with van der Waals surface area (Å²) in [5, 5.41) is 7.09. The van der Waals surface area contributed by atoms with Crippen LogP contribution in [0.2, 0.25) is 0 Å². The summed E-state index contributed by atoms with van der Waals surface area (Å²) in [5.41, 5.74) is 2.08. The van der Waals surface area contributed by atoms with Gasteiger partial charge in [0.05, 0.1) is 0 Å². The Labute approximate surface area is 146 Å². The molecule has 2 heterocycles. The molecule has 1 amide bonds. The highest BCUT2D eigenvalue weighted by molar-refractivity contribution is 5.90. The maximum atomic E-state index is 12.2. The molecule has 7 nitrogen and oxygen atoms in total. The van der Waals surface area contributed by atoms with Crippen molar-refractivity contribution in [2.24, 2.45) is 0 Å². The van der Waals surface area contributed by atoms with Crippen LogP contribution in [0.1, 0.15) is 29.7 Å². The van der Waals surface area contributed by atoms with Gasteiger partial charge in [-0.05, 0) is 38.5 Å². The standard InChI is InChI=1S/C18H22N6O/c1-3-23(15-8-5-4-6-9-15)13-7-11-19-17(25)16-21-18-20-12-10-14(2)24(18)22-16/h4-6,8-10,12H,3,7,11,13H2,1-2H3,(H,19,25). The maximum Gasteiger partial charge on any atom is 0.291 e. The van der Waals surface area contributed by atoms with Gasteiger partial charge in [0.1, 0.15) is 0 Å². The number of aromatic nitrogens is 4. The number of carbonyl (C=O) groups excluding carboxylic acids is 1. The molecule has 0 aliphatic heterocycles. The zero-order chi connectivity index (χ0) is 17.6. The lowest BCUT2D eigenvalue weighted by atomic mass is 10.2. The average Bonchev–Trinajstić information content (AvgIpc) is 3.08. The minimum atomic E-state index is -0.271. The molecule has 0 aliphatic carbocycles. The molecule has 0 saturated carbocycles. The van der Waals surface area contributed by atoms with Crippen molar-refractivity contribution in [2.45, 2.75) is 20.3 Å². The van der Waals surface area contributed by atoms with Gasteiger partial charge in [0.2, 0.25) is 5.82 Å². The summed E-state index contributed by atoms with van der Waals surface area (Å²) in [7, 11) is 0. The van der Waals surface area contributed by atoms with Gasteiger partial charge in [-0.15, -0.1) is 5.10 Å². The van der Waals surface area contributed by atoms with Crippen molar-refractivity contribution in [2.75, 3.05) is 24.5 Å². The highest BCUT2D eigenvalue weighted by atomic mass is 16.2. The van der Waals surface area contributed by atoms with Crippen LogP contribution in [0.25, 0.3) is 5.78 Å². The first-order chi connectivity index (χ1) is 12.2. The Kier molecular flexibility index (Phi) is 5.23. The van der Waals surface area contributed by atoms with Crippen LogP contribution in [-0.4, -0.2) is 45.1 Å². The van der Waals surface area contributed by atoms with Gasteiger partial charge < -0.3 is 10.2 Å². The predicted octanol–water partition coefficient (Wildman–Crippen LogP) is 2.08. The normalized spacial score (nSPS) is 10.8. The Hall–Kier alpha value is -2.96. The van der Waals surface area contributed by atoms with Gasteiger partial charge in [-0.2, -0.15) is 4.98 Å². The molecule has 0 fully saturated rings. The summed E-state index contributed by atoms with van der Waals surface area (Å²) in [6, 6.07) is 12.1. The van der Waals surface area contributed by atoms with Crippen molar-refractivity contribution >= 4 is 17.4 Å². The van der Waals surface area contributed by atoms with E-state index in [0.29, 0.717) is 12.3 Å². The lowest BCUT2D eigenvalue weighted by Gasteiger charge is -2.23. The first-order valence-electron chi connectivity index (χ1n) is 8.45. The lowest BCUT2D eigenvalue weighted by molar-refractivity contribution is 0.0943. The smallest absolute Gasteiger partial charge is 0.291 e. The molecule has 0 atom stereocenters.